The molecule has 1 atom stereocenters. The lowest BCUT2D eigenvalue weighted by molar-refractivity contribution is -0.148. The maximum atomic E-state index is 11.9. The molecule has 0 aromatic heterocycles. The topological polar surface area (TPSA) is 81.7 Å². The zero-order valence-corrected chi connectivity index (χ0v) is 12.9. The van der Waals surface area contributed by atoms with Crippen LogP contribution in [0.4, 0.5) is 5.69 Å². The molecule has 0 fully saturated rings. The Labute approximate surface area is 133 Å². The van der Waals surface area contributed by atoms with Crippen LogP contribution >= 0.6 is 11.6 Å². The summed E-state index contributed by atoms with van der Waals surface area (Å²) in [4.78, 5) is 34.3. The van der Waals surface area contributed by atoms with Crippen molar-refractivity contribution in [3.05, 3.63) is 41.4 Å². The standard InChI is InChI=1S/C15H16ClNO5/c1-3-21-13(18)7-8-14(19)22-10(2)15(20)17-12-6-4-5-11(16)9-12/h4-10H,3H2,1-2H3,(H,17,20)/b8-7+/t10-/m1/s1. The number of amides is 1. The Balaban J connectivity index is 2.50. The van der Waals surface area contributed by atoms with Crippen molar-refractivity contribution < 1.29 is 23.9 Å². The fraction of sp³-hybridized carbons (Fsp3) is 0.267. The van der Waals surface area contributed by atoms with Crippen LogP contribution < -0.4 is 5.32 Å². The third-order valence-electron chi connectivity index (χ3n) is 2.40. The van der Waals surface area contributed by atoms with Crippen LogP contribution in [0.2, 0.25) is 5.02 Å². The molecular weight excluding hydrogens is 310 g/mol. The number of benzene rings is 1. The summed E-state index contributed by atoms with van der Waals surface area (Å²) >= 11 is 5.80. The molecule has 118 valence electrons. The Kier molecular flexibility index (Phi) is 7.12. The van der Waals surface area contributed by atoms with Gasteiger partial charge in [-0.2, -0.15) is 0 Å². The van der Waals surface area contributed by atoms with Crippen molar-refractivity contribution >= 4 is 35.1 Å². The highest BCUT2D eigenvalue weighted by atomic mass is 35.5. The molecule has 1 rings (SSSR count). The molecule has 0 saturated heterocycles. The Morgan fingerprint density at radius 2 is 1.95 bits per heavy atom. The van der Waals surface area contributed by atoms with Gasteiger partial charge in [-0.1, -0.05) is 17.7 Å². The van der Waals surface area contributed by atoms with E-state index in [1.54, 1.807) is 31.2 Å². The van der Waals surface area contributed by atoms with Crippen molar-refractivity contribution in [3.8, 4) is 0 Å². The molecule has 22 heavy (non-hydrogen) atoms. The molecule has 0 saturated carbocycles. The first-order valence-electron chi connectivity index (χ1n) is 6.54. The average Bonchev–Trinajstić information content (AvgIpc) is 2.45. The van der Waals surface area contributed by atoms with E-state index in [1.165, 1.54) is 6.92 Å². The fourth-order valence-corrected chi connectivity index (χ4v) is 1.59. The molecule has 0 radical (unpaired) electrons. The summed E-state index contributed by atoms with van der Waals surface area (Å²) in [5.41, 5.74) is 0.488. The van der Waals surface area contributed by atoms with Crippen LogP contribution in [-0.4, -0.2) is 30.6 Å². The second-order valence-electron chi connectivity index (χ2n) is 4.16. The number of rotatable bonds is 6. The zero-order chi connectivity index (χ0) is 16.5. The van der Waals surface area contributed by atoms with Crippen molar-refractivity contribution in [2.45, 2.75) is 20.0 Å². The van der Waals surface area contributed by atoms with Gasteiger partial charge in [-0.3, -0.25) is 4.79 Å². The SMILES string of the molecule is CCOC(=O)/C=C/C(=O)O[C@H](C)C(=O)Nc1cccc(Cl)c1. The quantitative estimate of drug-likeness (QED) is 0.641. The van der Waals surface area contributed by atoms with E-state index in [2.05, 4.69) is 10.1 Å². The fourth-order valence-electron chi connectivity index (χ4n) is 1.40. The Morgan fingerprint density at radius 1 is 1.27 bits per heavy atom. The first-order chi connectivity index (χ1) is 10.4. The lowest BCUT2D eigenvalue weighted by atomic mass is 10.3. The summed E-state index contributed by atoms with van der Waals surface area (Å²) in [6.07, 6.45) is 0.813. The van der Waals surface area contributed by atoms with Crippen LogP contribution in [-0.2, 0) is 23.9 Å². The summed E-state index contributed by atoms with van der Waals surface area (Å²) in [6, 6.07) is 6.56. The molecule has 0 heterocycles. The molecular formula is C15H16ClNO5. The van der Waals surface area contributed by atoms with E-state index in [0.29, 0.717) is 10.7 Å². The van der Waals surface area contributed by atoms with Crippen molar-refractivity contribution in [2.75, 3.05) is 11.9 Å². The molecule has 0 unspecified atom stereocenters. The van der Waals surface area contributed by atoms with E-state index in [1.807, 2.05) is 0 Å². The molecule has 0 aliphatic carbocycles. The molecule has 1 aromatic rings. The van der Waals surface area contributed by atoms with Gasteiger partial charge in [0.15, 0.2) is 6.10 Å². The minimum atomic E-state index is -1.03. The van der Waals surface area contributed by atoms with Crippen LogP contribution in [0.1, 0.15) is 13.8 Å². The van der Waals surface area contributed by atoms with Gasteiger partial charge in [0.2, 0.25) is 0 Å². The number of hydrogen-bond donors (Lipinski definition) is 1. The molecule has 1 N–H and O–H groups in total. The lowest BCUT2D eigenvalue weighted by Gasteiger charge is -2.12. The van der Waals surface area contributed by atoms with Crippen LogP contribution in [0.3, 0.4) is 0 Å². The van der Waals surface area contributed by atoms with Gasteiger partial charge >= 0.3 is 11.9 Å². The maximum absolute atomic E-state index is 11.9. The van der Waals surface area contributed by atoms with Gasteiger partial charge in [-0.25, -0.2) is 9.59 Å². The average molecular weight is 326 g/mol. The highest BCUT2D eigenvalue weighted by molar-refractivity contribution is 6.30. The summed E-state index contributed by atoms with van der Waals surface area (Å²) in [5.74, 6) is -1.99. The van der Waals surface area contributed by atoms with E-state index < -0.39 is 23.9 Å². The second-order valence-corrected chi connectivity index (χ2v) is 4.60. The minimum Gasteiger partial charge on any atom is -0.463 e. The predicted molar refractivity (Wildman–Crippen MR) is 81.4 cm³/mol. The predicted octanol–water partition coefficient (Wildman–Crippen LogP) is 2.33. The van der Waals surface area contributed by atoms with Gasteiger partial charge < -0.3 is 14.8 Å². The number of anilines is 1. The summed E-state index contributed by atoms with van der Waals surface area (Å²) in [6.45, 7) is 3.26. The normalized spacial score (nSPS) is 11.8. The smallest absolute Gasteiger partial charge is 0.331 e. The molecule has 0 aliphatic heterocycles. The third-order valence-corrected chi connectivity index (χ3v) is 2.63. The first-order valence-corrected chi connectivity index (χ1v) is 6.92. The Bertz CT molecular complexity index is 585. The Hall–Kier alpha value is -2.34. The van der Waals surface area contributed by atoms with Crippen LogP contribution in [0.5, 0.6) is 0 Å². The molecule has 6 nitrogen and oxygen atoms in total. The number of ether oxygens (including phenoxy) is 2. The lowest BCUT2D eigenvalue weighted by Crippen LogP contribution is -2.29. The van der Waals surface area contributed by atoms with E-state index in [0.717, 1.165) is 12.2 Å². The van der Waals surface area contributed by atoms with Crippen LogP contribution in [0.25, 0.3) is 0 Å². The molecule has 1 aromatic carbocycles. The molecule has 0 spiro atoms. The number of carbonyl (C=O) groups is 3. The van der Waals surface area contributed by atoms with E-state index in [9.17, 15) is 14.4 Å². The van der Waals surface area contributed by atoms with Gasteiger partial charge in [0.25, 0.3) is 5.91 Å². The monoisotopic (exact) mass is 325 g/mol. The largest absolute Gasteiger partial charge is 0.463 e. The van der Waals surface area contributed by atoms with Gasteiger partial charge in [0, 0.05) is 22.9 Å². The molecule has 7 heteroatoms. The van der Waals surface area contributed by atoms with E-state index >= 15 is 0 Å². The van der Waals surface area contributed by atoms with Gasteiger partial charge in [-0.15, -0.1) is 0 Å². The van der Waals surface area contributed by atoms with Crippen LogP contribution in [0, 0.1) is 0 Å². The zero-order valence-electron chi connectivity index (χ0n) is 12.2. The van der Waals surface area contributed by atoms with Gasteiger partial charge in [-0.05, 0) is 32.0 Å². The number of halogens is 1. The van der Waals surface area contributed by atoms with E-state index in [4.69, 9.17) is 16.3 Å². The minimum absolute atomic E-state index is 0.205. The van der Waals surface area contributed by atoms with Crippen molar-refractivity contribution in [2.24, 2.45) is 0 Å². The molecule has 0 aliphatic rings. The summed E-state index contributed by atoms with van der Waals surface area (Å²) in [7, 11) is 0. The summed E-state index contributed by atoms with van der Waals surface area (Å²) < 4.78 is 9.47. The Morgan fingerprint density at radius 3 is 2.59 bits per heavy atom. The van der Waals surface area contributed by atoms with Crippen molar-refractivity contribution in [1.82, 2.24) is 0 Å². The van der Waals surface area contributed by atoms with Gasteiger partial charge in [0.05, 0.1) is 6.61 Å². The van der Waals surface area contributed by atoms with Crippen molar-refractivity contribution in [3.63, 3.8) is 0 Å². The molecule has 0 bridgehead atoms. The second kappa shape index (κ2) is 8.84. The molecule has 1 amide bonds. The van der Waals surface area contributed by atoms with Crippen molar-refractivity contribution in [1.29, 1.82) is 0 Å². The number of nitrogens with one attached hydrogen (secondary N) is 1. The highest BCUT2D eigenvalue weighted by Gasteiger charge is 2.16. The maximum Gasteiger partial charge on any atom is 0.331 e. The highest BCUT2D eigenvalue weighted by Crippen LogP contribution is 2.15. The number of hydrogen-bond acceptors (Lipinski definition) is 5. The van der Waals surface area contributed by atoms with Crippen LogP contribution in [0.15, 0.2) is 36.4 Å². The van der Waals surface area contributed by atoms with Gasteiger partial charge in [0.1, 0.15) is 0 Å². The third kappa shape index (κ3) is 6.41. The number of esters is 2. The number of carbonyl (C=O) groups excluding carboxylic acids is 3. The summed E-state index contributed by atoms with van der Waals surface area (Å²) in [5, 5.41) is 3.03. The first kappa shape index (κ1) is 17.7. The van der Waals surface area contributed by atoms with E-state index in [-0.39, 0.29) is 6.61 Å².